The molecule has 10 rings (SSSR count). The van der Waals surface area contributed by atoms with Gasteiger partial charge in [-0.1, -0.05) is 86.9 Å². The highest BCUT2D eigenvalue weighted by molar-refractivity contribution is 7.91. The molecule has 8 aliphatic rings. The van der Waals surface area contributed by atoms with Gasteiger partial charge in [0.2, 0.25) is 11.6 Å². The SMILES string of the molecule is C[C@]12CCC(=O)C=C1CC[C@@H]1[C@@H]2[C@@H](O)C[C@@]2(C)[C@H]1CC[C@]2(OC(=O)CCS(=O)(=O)c1ccccc1)C(=O)CO.Cc1ccc(CC(=O)O[C@]2(C(=O)CO)CC[C@H]3[C@@H]4CCC5=CC(=O)CC[C@]5(C)[C@H]4CC[C@@]32C)cc1. The van der Waals surface area contributed by atoms with E-state index in [1.165, 1.54) is 17.7 Å². The van der Waals surface area contributed by atoms with Crippen LogP contribution in [0.25, 0.3) is 0 Å². The van der Waals surface area contributed by atoms with E-state index in [-0.39, 0.29) is 76.0 Å². The number of hydrogen-bond donors (Lipinski definition) is 3. The number of benzene rings is 2. The minimum Gasteiger partial charge on any atom is -0.450 e. The fraction of sp³-hybridized carbons (Fsp3) is 0.633. The van der Waals surface area contributed by atoms with E-state index >= 15 is 0 Å². The average Bonchev–Trinajstić information content (AvgIpc) is 3.84. The van der Waals surface area contributed by atoms with Gasteiger partial charge in [-0.25, -0.2) is 8.42 Å². The quantitative estimate of drug-likeness (QED) is 0.172. The van der Waals surface area contributed by atoms with Gasteiger partial charge >= 0.3 is 11.9 Å². The van der Waals surface area contributed by atoms with E-state index in [1.54, 1.807) is 24.3 Å². The number of sulfone groups is 1. The van der Waals surface area contributed by atoms with E-state index in [1.807, 2.05) is 44.2 Å². The third-order valence-corrected chi connectivity index (χ3v) is 22.7. The second-order valence-corrected chi connectivity index (χ2v) is 26.5. The fourth-order valence-corrected chi connectivity index (χ4v) is 18.4. The van der Waals surface area contributed by atoms with Crippen molar-refractivity contribution in [2.24, 2.45) is 57.2 Å². The third-order valence-electron chi connectivity index (χ3n) is 21.0. The molecule has 0 radical (unpaired) electrons. The Morgan fingerprint density at radius 2 is 1.15 bits per heavy atom. The van der Waals surface area contributed by atoms with Crippen molar-refractivity contribution >= 4 is 44.9 Å². The summed E-state index contributed by atoms with van der Waals surface area (Å²) in [5, 5.41) is 31.6. The van der Waals surface area contributed by atoms with Gasteiger partial charge in [-0.15, -0.1) is 0 Å². The summed E-state index contributed by atoms with van der Waals surface area (Å²) >= 11 is 0. The lowest BCUT2D eigenvalue weighted by molar-refractivity contribution is -0.202. The van der Waals surface area contributed by atoms with Crippen molar-refractivity contribution in [3.05, 3.63) is 89.0 Å². The molecule has 0 heterocycles. The number of esters is 2. The van der Waals surface area contributed by atoms with Crippen LogP contribution in [-0.4, -0.2) is 95.1 Å². The molecule has 3 N–H and O–H groups in total. The van der Waals surface area contributed by atoms with Gasteiger partial charge in [0.25, 0.3) is 0 Å². The van der Waals surface area contributed by atoms with Crippen molar-refractivity contribution in [1.82, 2.24) is 0 Å². The molecule has 0 saturated heterocycles. The highest BCUT2D eigenvalue weighted by Crippen LogP contribution is 2.70. The summed E-state index contributed by atoms with van der Waals surface area (Å²) in [5.74, 6) is -1.09. The van der Waals surface area contributed by atoms with Gasteiger partial charge in [0, 0.05) is 23.7 Å². The largest absolute Gasteiger partial charge is 0.450 e. The molecule has 2 aromatic carbocycles. The Bertz CT molecular complexity index is 2750. The van der Waals surface area contributed by atoms with Crippen molar-refractivity contribution in [2.75, 3.05) is 19.0 Å². The van der Waals surface area contributed by atoms with E-state index in [0.29, 0.717) is 43.9 Å². The van der Waals surface area contributed by atoms with Gasteiger partial charge in [-0.3, -0.25) is 28.8 Å². The molecule has 0 amide bonds. The zero-order valence-corrected chi connectivity index (χ0v) is 44.7. The number of aliphatic hydroxyl groups excluding tert-OH is 3. The van der Waals surface area contributed by atoms with Crippen LogP contribution in [-0.2, 0) is 54.5 Å². The standard InChI is InChI=1S/C30H38O8S.C30H38O5/c1-28-13-10-20(32)16-19(28)8-9-22-23-11-14-30(25(34)18-31,29(23,2)17-24(33)27(22)28)38-26(35)12-15-39(36,37)21-6-4-3-5-7-21;1-19-4-6-20(7-5-19)16-27(34)35-30(26(33)18-31)15-12-25-23-9-8-21-17-22(32)10-13-28(21,2)24(23)11-14-29(25,30)3/h3-7,16,22-24,27,31,33H,8-15,17-18H2,1-2H3;4-7,17,23-25,31H,8-16,18H2,1-3H3/t22-,23-,24-,27+,28-,29-,30-;23-,24+,25+,28+,29+,30+/m01/s1. The lowest BCUT2D eigenvalue weighted by atomic mass is 9.45. The van der Waals surface area contributed by atoms with Crippen molar-refractivity contribution in [3.63, 3.8) is 0 Å². The predicted octanol–water partition coefficient (Wildman–Crippen LogP) is 8.11. The third kappa shape index (κ3) is 8.92. The lowest BCUT2D eigenvalue weighted by Gasteiger charge is -2.60. The van der Waals surface area contributed by atoms with Crippen LogP contribution < -0.4 is 0 Å². The molecule has 14 heteroatoms. The maximum Gasteiger partial charge on any atom is 0.311 e. The Hall–Kier alpha value is -4.63. The van der Waals surface area contributed by atoms with Gasteiger partial charge in [0.1, 0.15) is 13.2 Å². The number of rotatable bonds is 12. The molecule has 0 aliphatic heterocycles. The second-order valence-electron chi connectivity index (χ2n) is 24.4. The van der Waals surface area contributed by atoms with Crippen molar-refractivity contribution in [1.29, 1.82) is 0 Å². The number of ketones is 4. The predicted molar refractivity (Wildman–Crippen MR) is 275 cm³/mol. The number of aryl methyl sites for hydroxylation is 1. The monoisotopic (exact) mass is 1040 g/mol. The first-order valence-corrected chi connectivity index (χ1v) is 28.9. The van der Waals surface area contributed by atoms with Crippen molar-refractivity contribution in [2.45, 2.75) is 166 Å². The first kappa shape index (κ1) is 54.2. The molecular weight excluding hydrogens is 961 g/mol. The molecule has 0 bridgehead atoms. The van der Waals surface area contributed by atoms with Gasteiger partial charge in [-0.05, 0) is 167 Å². The molecule has 2 aromatic rings. The van der Waals surface area contributed by atoms with E-state index in [2.05, 4.69) is 20.8 Å². The first-order valence-electron chi connectivity index (χ1n) is 27.2. The zero-order chi connectivity index (χ0) is 53.2. The number of ether oxygens (including phenoxy) is 2. The van der Waals surface area contributed by atoms with Crippen LogP contribution in [0.2, 0.25) is 0 Å². The molecule has 400 valence electrons. The number of hydrogen-bond acceptors (Lipinski definition) is 13. The Labute approximate surface area is 436 Å². The number of carbonyl (C=O) groups excluding carboxylic acids is 6. The molecule has 0 spiro atoms. The number of carbonyl (C=O) groups is 6. The Morgan fingerprint density at radius 3 is 1.76 bits per heavy atom. The van der Waals surface area contributed by atoms with E-state index in [9.17, 15) is 52.5 Å². The minimum absolute atomic E-state index is 0.0294. The summed E-state index contributed by atoms with van der Waals surface area (Å²) in [6.45, 7) is 9.07. The van der Waals surface area contributed by atoms with Crippen LogP contribution in [0.1, 0.15) is 142 Å². The molecule has 74 heavy (non-hydrogen) atoms. The first-order chi connectivity index (χ1) is 35.0. The Balaban J connectivity index is 0.000000183. The summed E-state index contributed by atoms with van der Waals surface area (Å²) in [7, 11) is -3.72. The van der Waals surface area contributed by atoms with Gasteiger partial charge in [0.15, 0.2) is 32.6 Å². The molecular formula is C60H76O13S. The van der Waals surface area contributed by atoms with E-state index in [0.717, 1.165) is 68.1 Å². The number of aliphatic hydroxyl groups is 3. The molecule has 6 saturated carbocycles. The second kappa shape index (κ2) is 20.1. The van der Waals surface area contributed by atoms with Crippen LogP contribution in [0.15, 0.2) is 82.8 Å². The molecule has 13 atom stereocenters. The summed E-state index contributed by atoms with van der Waals surface area (Å²) in [6.07, 6.45) is 12.8. The van der Waals surface area contributed by atoms with Crippen molar-refractivity contribution in [3.8, 4) is 0 Å². The normalized spacial score (nSPS) is 37.9. The lowest BCUT2D eigenvalue weighted by Crippen LogP contribution is -2.63. The number of allylic oxidation sites excluding steroid dienone is 2. The summed E-state index contributed by atoms with van der Waals surface area (Å²) in [4.78, 5) is 77.4. The smallest absolute Gasteiger partial charge is 0.311 e. The summed E-state index contributed by atoms with van der Waals surface area (Å²) < 4.78 is 37.6. The van der Waals surface area contributed by atoms with Gasteiger partial charge in [-0.2, -0.15) is 0 Å². The highest BCUT2D eigenvalue weighted by atomic mass is 32.2. The maximum absolute atomic E-state index is 13.4. The van der Waals surface area contributed by atoms with Crippen LogP contribution in [0, 0.1) is 64.1 Å². The van der Waals surface area contributed by atoms with Gasteiger partial charge < -0.3 is 24.8 Å². The average molecular weight is 1040 g/mol. The number of fused-ring (bicyclic) bond motifs is 10. The van der Waals surface area contributed by atoms with Crippen molar-refractivity contribution < 1.29 is 62.0 Å². The topological polar surface area (TPSA) is 216 Å². The molecule has 0 aromatic heterocycles. The van der Waals surface area contributed by atoms with Gasteiger partial charge in [0.05, 0.1) is 29.6 Å². The van der Waals surface area contributed by atoms with E-state index in [4.69, 9.17) is 9.47 Å². The van der Waals surface area contributed by atoms with E-state index < -0.39 is 81.1 Å². The maximum atomic E-state index is 13.4. The summed E-state index contributed by atoms with van der Waals surface area (Å²) in [5.41, 5.74) is -0.144. The zero-order valence-electron chi connectivity index (χ0n) is 43.9. The van der Waals surface area contributed by atoms with Crippen LogP contribution in [0.3, 0.4) is 0 Å². The van der Waals surface area contributed by atoms with Crippen LogP contribution in [0.4, 0.5) is 0 Å². The highest BCUT2D eigenvalue weighted by Gasteiger charge is 2.71. The summed E-state index contributed by atoms with van der Waals surface area (Å²) in [6, 6.07) is 15.6. The van der Waals surface area contributed by atoms with Crippen LogP contribution in [0.5, 0.6) is 0 Å². The van der Waals surface area contributed by atoms with Crippen LogP contribution >= 0.6 is 0 Å². The minimum atomic E-state index is -3.72. The number of Topliss-reactive ketones (excluding diaryl/α,β-unsaturated/α-hetero) is 2. The molecule has 6 fully saturated rings. The fourth-order valence-electron chi connectivity index (χ4n) is 17.2. The Kier molecular flexibility index (Phi) is 14.7. The molecule has 13 nitrogen and oxygen atoms in total. The molecule has 0 unspecified atom stereocenters. The Morgan fingerprint density at radius 1 is 0.622 bits per heavy atom. The molecule has 8 aliphatic carbocycles.